The summed E-state index contributed by atoms with van der Waals surface area (Å²) in [5.74, 6) is 0.0590. The molecule has 0 unspecified atom stereocenters. The van der Waals surface area contributed by atoms with Gasteiger partial charge in [0.2, 0.25) is 5.91 Å². The van der Waals surface area contributed by atoms with E-state index in [2.05, 4.69) is 5.32 Å². The monoisotopic (exact) mass is 349 g/mol. The predicted molar refractivity (Wildman–Crippen MR) is 87.1 cm³/mol. The molecule has 0 aliphatic rings. The molecule has 4 nitrogen and oxygen atoms in total. The molecule has 21 heavy (non-hydrogen) atoms. The molecular formula is C14H17Cl2NO3S. The highest BCUT2D eigenvalue weighted by Gasteiger charge is 2.21. The van der Waals surface area contributed by atoms with E-state index in [-0.39, 0.29) is 12.3 Å². The van der Waals surface area contributed by atoms with Gasteiger partial charge >= 0.3 is 5.97 Å². The molecule has 1 amide bonds. The Morgan fingerprint density at radius 1 is 1.33 bits per heavy atom. The van der Waals surface area contributed by atoms with Gasteiger partial charge in [-0.2, -0.15) is 11.8 Å². The van der Waals surface area contributed by atoms with Crippen LogP contribution in [0.25, 0.3) is 0 Å². The molecule has 0 aliphatic carbocycles. The maximum Gasteiger partial charge on any atom is 0.328 e. The first-order valence-electron chi connectivity index (χ1n) is 6.28. The van der Waals surface area contributed by atoms with E-state index in [1.807, 2.05) is 6.26 Å². The van der Waals surface area contributed by atoms with Crippen molar-refractivity contribution in [3.05, 3.63) is 33.8 Å². The molecule has 0 aromatic heterocycles. The minimum atomic E-state index is -0.627. The number of methoxy groups -OCH3 is 1. The first-order valence-corrected chi connectivity index (χ1v) is 8.43. The normalized spacial score (nSPS) is 11.8. The van der Waals surface area contributed by atoms with E-state index in [1.165, 1.54) is 7.11 Å². The third-order valence-electron chi connectivity index (χ3n) is 2.78. The Bertz CT molecular complexity index is 511. The number of carbonyl (C=O) groups is 2. The quantitative estimate of drug-likeness (QED) is 0.769. The van der Waals surface area contributed by atoms with E-state index < -0.39 is 12.0 Å². The van der Waals surface area contributed by atoms with Crippen molar-refractivity contribution in [2.24, 2.45) is 0 Å². The molecular weight excluding hydrogens is 333 g/mol. The number of carbonyl (C=O) groups excluding carboxylic acids is 2. The fourth-order valence-electron chi connectivity index (χ4n) is 1.71. The Labute approximate surface area is 138 Å². The molecule has 1 aromatic rings. The lowest BCUT2D eigenvalue weighted by atomic mass is 10.1. The van der Waals surface area contributed by atoms with Gasteiger partial charge in [-0.3, -0.25) is 4.79 Å². The number of esters is 1. The Kier molecular flexibility index (Phi) is 7.93. The summed E-state index contributed by atoms with van der Waals surface area (Å²) in [6, 6.07) is 4.37. The molecule has 0 saturated carbocycles. The molecule has 1 N–H and O–H groups in total. The van der Waals surface area contributed by atoms with E-state index in [9.17, 15) is 9.59 Å². The highest BCUT2D eigenvalue weighted by Crippen LogP contribution is 2.22. The Morgan fingerprint density at radius 3 is 2.62 bits per heavy atom. The standard InChI is InChI=1S/C14H17Cl2NO3S/c1-20-14(19)12(5-6-21-2)17-13(18)8-9-3-4-10(15)11(16)7-9/h3-4,7,12H,5-6,8H2,1-2H3,(H,17,18)/t12-/m0/s1. The van der Waals surface area contributed by atoms with Crippen LogP contribution in [0.15, 0.2) is 18.2 Å². The van der Waals surface area contributed by atoms with Crippen LogP contribution in [0, 0.1) is 0 Å². The average molecular weight is 350 g/mol. The van der Waals surface area contributed by atoms with Crippen molar-refractivity contribution in [1.82, 2.24) is 5.32 Å². The second-order valence-electron chi connectivity index (χ2n) is 4.35. The van der Waals surface area contributed by atoms with Gasteiger partial charge in [-0.1, -0.05) is 29.3 Å². The summed E-state index contributed by atoms with van der Waals surface area (Å²) in [7, 11) is 1.31. The van der Waals surface area contributed by atoms with Crippen LogP contribution in [0.5, 0.6) is 0 Å². The largest absolute Gasteiger partial charge is 0.467 e. The Hall–Kier alpha value is -0.910. The van der Waals surface area contributed by atoms with Crippen molar-refractivity contribution in [2.75, 3.05) is 19.1 Å². The van der Waals surface area contributed by atoms with Crippen molar-refractivity contribution in [1.29, 1.82) is 0 Å². The summed E-state index contributed by atoms with van der Waals surface area (Å²) in [6.07, 6.45) is 2.59. The second kappa shape index (κ2) is 9.18. The summed E-state index contributed by atoms with van der Waals surface area (Å²) < 4.78 is 4.69. The zero-order valence-corrected chi connectivity index (χ0v) is 14.1. The van der Waals surface area contributed by atoms with Crippen LogP contribution >= 0.6 is 35.0 Å². The molecule has 0 bridgehead atoms. The van der Waals surface area contributed by atoms with Crippen LogP contribution in [0.2, 0.25) is 10.0 Å². The highest BCUT2D eigenvalue weighted by molar-refractivity contribution is 7.98. The predicted octanol–water partition coefficient (Wildman–Crippen LogP) is 2.95. The summed E-state index contributed by atoms with van der Waals surface area (Å²) in [6.45, 7) is 0. The summed E-state index contributed by atoms with van der Waals surface area (Å²) >= 11 is 13.3. The second-order valence-corrected chi connectivity index (χ2v) is 6.15. The minimum absolute atomic E-state index is 0.129. The van der Waals surface area contributed by atoms with Crippen LogP contribution < -0.4 is 5.32 Å². The van der Waals surface area contributed by atoms with E-state index in [0.717, 1.165) is 11.3 Å². The van der Waals surface area contributed by atoms with Crippen molar-refractivity contribution in [2.45, 2.75) is 18.9 Å². The SMILES string of the molecule is COC(=O)[C@H](CCSC)NC(=O)Cc1ccc(Cl)c(Cl)c1. The number of thioether (sulfide) groups is 1. The summed E-state index contributed by atoms with van der Waals surface area (Å²) in [5.41, 5.74) is 0.732. The lowest BCUT2D eigenvalue weighted by Crippen LogP contribution is -2.42. The topological polar surface area (TPSA) is 55.4 Å². The molecule has 0 fully saturated rings. The van der Waals surface area contributed by atoms with Crippen LogP contribution in [0.4, 0.5) is 0 Å². The van der Waals surface area contributed by atoms with Crippen molar-refractivity contribution in [3.8, 4) is 0 Å². The molecule has 116 valence electrons. The fraction of sp³-hybridized carbons (Fsp3) is 0.429. The maximum atomic E-state index is 12.0. The number of hydrogen-bond donors (Lipinski definition) is 1. The zero-order chi connectivity index (χ0) is 15.8. The van der Waals surface area contributed by atoms with Crippen LogP contribution in [-0.2, 0) is 20.7 Å². The maximum absolute atomic E-state index is 12.0. The lowest BCUT2D eigenvalue weighted by Gasteiger charge is -2.16. The van der Waals surface area contributed by atoms with Gasteiger partial charge in [0.15, 0.2) is 0 Å². The van der Waals surface area contributed by atoms with Gasteiger partial charge < -0.3 is 10.1 Å². The number of amides is 1. The number of nitrogens with one attached hydrogen (secondary N) is 1. The van der Waals surface area contributed by atoms with Gasteiger partial charge in [0.25, 0.3) is 0 Å². The molecule has 1 atom stereocenters. The minimum Gasteiger partial charge on any atom is -0.467 e. The average Bonchev–Trinajstić information content (AvgIpc) is 2.46. The molecule has 0 aliphatic heterocycles. The molecule has 0 radical (unpaired) electrons. The smallest absolute Gasteiger partial charge is 0.328 e. The van der Waals surface area contributed by atoms with Gasteiger partial charge in [-0.25, -0.2) is 4.79 Å². The first kappa shape index (κ1) is 18.1. The van der Waals surface area contributed by atoms with Gasteiger partial charge in [0.1, 0.15) is 6.04 Å². The number of halogens is 2. The van der Waals surface area contributed by atoms with Crippen molar-refractivity contribution in [3.63, 3.8) is 0 Å². The molecule has 0 saturated heterocycles. The summed E-state index contributed by atoms with van der Waals surface area (Å²) in [4.78, 5) is 23.6. The Morgan fingerprint density at radius 2 is 2.05 bits per heavy atom. The van der Waals surface area contributed by atoms with E-state index in [1.54, 1.807) is 30.0 Å². The molecule has 0 spiro atoms. The van der Waals surface area contributed by atoms with E-state index >= 15 is 0 Å². The number of rotatable bonds is 7. The van der Waals surface area contributed by atoms with Crippen LogP contribution in [0.1, 0.15) is 12.0 Å². The number of ether oxygens (including phenoxy) is 1. The third-order valence-corrected chi connectivity index (χ3v) is 4.16. The first-order chi connectivity index (χ1) is 9.97. The lowest BCUT2D eigenvalue weighted by molar-refractivity contribution is -0.145. The fourth-order valence-corrected chi connectivity index (χ4v) is 2.50. The molecule has 1 aromatic carbocycles. The van der Waals surface area contributed by atoms with Gasteiger partial charge in [-0.05, 0) is 36.1 Å². The van der Waals surface area contributed by atoms with Gasteiger partial charge in [0, 0.05) is 0 Å². The number of benzene rings is 1. The van der Waals surface area contributed by atoms with Gasteiger partial charge in [-0.15, -0.1) is 0 Å². The Balaban J connectivity index is 2.64. The number of hydrogen-bond acceptors (Lipinski definition) is 4. The van der Waals surface area contributed by atoms with Crippen molar-refractivity contribution >= 4 is 46.8 Å². The van der Waals surface area contributed by atoms with Gasteiger partial charge in [0.05, 0.1) is 23.6 Å². The molecule has 7 heteroatoms. The zero-order valence-electron chi connectivity index (χ0n) is 11.8. The van der Waals surface area contributed by atoms with Crippen LogP contribution in [0.3, 0.4) is 0 Å². The molecule has 1 rings (SSSR count). The summed E-state index contributed by atoms with van der Waals surface area (Å²) in [5, 5.41) is 3.52. The van der Waals surface area contributed by atoms with Crippen LogP contribution in [-0.4, -0.2) is 37.0 Å². The highest BCUT2D eigenvalue weighted by atomic mass is 35.5. The third kappa shape index (κ3) is 6.16. The molecule has 0 heterocycles. The van der Waals surface area contributed by atoms with E-state index in [4.69, 9.17) is 27.9 Å². The van der Waals surface area contributed by atoms with Crippen molar-refractivity contribution < 1.29 is 14.3 Å². The van der Waals surface area contributed by atoms with E-state index in [0.29, 0.717) is 16.5 Å².